The Kier molecular flexibility index (Phi) is 25.8. The highest BCUT2D eigenvalue weighted by Gasteiger charge is 2.43. The molecule has 3 aliphatic rings. The molecule has 20 nitrogen and oxygen atoms in total. The first-order chi connectivity index (χ1) is 37.1. The number of benzene rings is 2. The lowest BCUT2D eigenvalue weighted by Gasteiger charge is -2.40. The highest BCUT2D eigenvalue weighted by molar-refractivity contribution is 8.77. The molecular formula is C56H83N5O15S2. The van der Waals surface area contributed by atoms with Crippen LogP contribution in [0.3, 0.4) is 0 Å². The Morgan fingerprint density at radius 2 is 1.46 bits per heavy atom. The number of aliphatic hydroxyl groups is 2. The van der Waals surface area contributed by atoms with Gasteiger partial charge in [0.25, 0.3) is 0 Å². The Hall–Kier alpha value is -4.65. The van der Waals surface area contributed by atoms with Crippen LogP contribution >= 0.6 is 21.6 Å². The van der Waals surface area contributed by atoms with Gasteiger partial charge >= 0.3 is 6.09 Å². The first-order valence-electron chi connectivity index (χ1n) is 27.0. The summed E-state index contributed by atoms with van der Waals surface area (Å²) < 4.78 is 32.9. The van der Waals surface area contributed by atoms with Crippen LogP contribution in [0.1, 0.15) is 105 Å². The van der Waals surface area contributed by atoms with Crippen molar-refractivity contribution in [2.24, 2.45) is 17.8 Å². The van der Waals surface area contributed by atoms with Crippen molar-refractivity contribution in [3.8, 4) is 11.1 Å². The molecule has 434 valence electrons. The van der Waals surface area contributed by atoms with E-state index in [9.17, 15) is 43.8 Å². The van der Waals surface area contributed by atoms with Gasteiger partial charge in [0.15, 0.2) is 17.9 Å². The molecule has 6 N–H and O–H groups in total. The molecule has 22 heteroatoms. The lowest BCUT2D eigenvalue weighted by atomic mass is 9.87. The Labute approximate surface area is 467 Å². The minimum absolute atomic E-state index is 0.0275. The van der Waals surface area contributed by atoms with Crippen molar-refractivity contribution in [3.63, 3.8) is 0 Å². The highest BCUT2D eigenvalue weighted by atomic mass is 33.1. The van der Waals surface area contributed by atoms with Gasteiger partial charge in [-0.1, -0.05) is 112 Å². The first kappa shape index (κ1) is 64.2. The van der Waals surface area contributed by atoms with Gasteiger partial charge in [-0.2, -0.15) is 0 Å². The Morgan fingerprint density at radius 3 is 2.10 bits per heavy atom. The smallest absolute Gasteiger partial charge is 0.407 e. The summed E-state index contributed by atoms with van der Waals surface area (Å²) in [6, 6.07) is 12.4. The lowest BCUT2D eigenvalue weighted by molar-refractivity contribution is -0.282. The van der Waals surface area contributed by atoms with E-state index < -0.39 is 78.5 Å². The molecule has 2 saturated heterocycles. The zero-order valence-corrected chi connectivity index (χ0v) is 48.3. The van der Waals surface area contributed by atoms with Gasteiger partial charge in [-0.15, -0.1) is 0 Å². The molecule has 2 aromatic carbocycles. The largest absolute Gasteiger partial charge is 0.449 e. The Bertz CT molecular complexity index is 2270. The summed E-state index contributed by atoms with van der Waals surface area (Å²) in [6.45, 7) is 16.1. The van der Waals surface area contributed by atoms with Crippen LogP contribution in [0, 0.1) is 17.8 Å². The maximum Gasteiger partial charge on any atom is 0.407 e. The second kappa shape index (κ2) is 31.4. The third-order valence-electron chi connectivity index (χ3n) is 14.0. The van der Waals surface area contributed by atoms with Crippen molar-refractivity contribution in [2.45, 2.75) is 147 Å². The van der Waals surface area contributed by atoms with Crippen LogP contribution in [-0.2, 0) is 57.2 Å². The molecule has 10 atom stereocenters. The predicted molar refractivity (Wildman–Crippen MR) is 296 cm³/mol. The lowest BCUT2D eigenvalue weighted by Crippen LogP contribution is -2.55. The normalized spacial score (nSPS) is 21.7. The fraction of sp³-hybridized carbons (Fsp3) is 0.661. The van der Waals surface area contributed by atoms with E-state index in [4.69, 9.17) is 28.4 Å². The number of hydrogen-bond acceptors (Lipinski definition) is 17. The van der Waals surface area contributed by atoms with Crippen molar-refractivity contribution in [2.75, 3.05) is 72.2 Å². The van der Waals surface area contributed by atoms with Crippen LogP contribution in [-0.4, -0.2) is 182 Å². The minimum atomic E-state index is -1.18. The van der Waals surface area contributed by atoms with Crippen LogP contribution in [0.2, 0.25) is 0 Å². The number of Topliss-reactive ketones (excluding diaryl/α,β-unsaturated/α-hetero) is 2. The monoisotopic (exact) mass is 1130 g/mol. The number of carbonyl (C=O) groups excluding carboxylic acids is 7. The number of carbonyl (C=O) groups is 7. The number of ketones is 2. The standard InChI is InChI=1S/C56H83N5O15S2/c1-33(2)41(28-46(63)43(32-77-78-56(6,7)8)60-55(70)75-29-42-39-18-12-10-16-37(39)38-17-11-13-19-40(38)42)53(69)61-23-14-20-44(61)52(68)59-36(5)51(67)58-35(4)45(62)21-15-24-72-26-27-73-25-22-57-48(64)31-74-30-47-34(3)49(65)50(66)54(71-9)76-47/h10-13,16-19,33-36,41-44,47,49-50,54,65-66H,14-15,20-32H2,1-9H3,(H,57,64)(H,58,67)(H,59,68)(H,60,70)/t34-,35?,36?,41?,43?,44?,47?,49+,50?,54-/m1/s1. The quantitative estimate of drug-likeness (QED) is 0.0447. The fourth-order valence-corrected chi connectivity index (χ4v) is 12.0. The van der Waals surface area contributed by atoms with Gasteiger partial charge in [0.2, 0.25) is 23.6 Å². The molecule has 0 bridgehead atoms. The molecule has 0 radical (unpaired) electrons. The van der Waals surface area contributed by atoms with Gasteiger partial charge in [0.1, 0.15) is 37.4 Å². The predicted octanol–water partition coefficient (Wildman–Crippen LogP) is 4.55. The zero-order valence-electron chi connectivity index (χ0n) is 46.6. The second-order valence-corrected chi connectivity index (χ2v) is 24.6. The summed E-state index contributed by atoms with van der Waals surface area (Å²) in [5.41, 5.74) is 4.32. The van der Waals surface area contributed by atoms with Gasteiger partial charge in [0.05, 0.1) is 44.7 Å². The van der Waals surface area contributed by atoms with E-state index >= 15 is 0 Å². The summed E-state index contributed by atoms with van der Waals surface area (Å²) in [5.74, 6) is -3.75. The molecule has 0 saturated carbocycles. The van der Waals surface area contributed by atoms with Gasteiger partial charge in [0, 0.05) is 67.9 Å². The van der Waals surface area contributed by atoms with E-state index in [2.05, 4.69) is 54.2 Å². The SMILES string of the molecule is CO[C@@H]1OC(COCC(=O)NCCOCCOCCCC(=O)C(C)NC(=O)C(C)NC(=O)C2CCCN2C(=O)C(CC(=O)C(CSSC(C)(C)C)NC(=O)OCC2c3ccccc3-c3ccccc32)C(C)C)[C@@H](C)[C@H](O)C1O. The number of rotatable bonds is 31. The van der Waals surface area contributed by atoms with Crippen LogP contribution < -0.4 is 21.3 Å². The molecule has 2 aromatic rings. The molecule has 0 aromatic heterocycles. The van der Waals surface area contributed by atoms with Crippen molar-refractivity contribution in [1.82, 2.24) is 26.2 Å². The minimum Gasteiger partial charge on any atom is -0.449 e. The van der Waals surface area contributed by atoms with Crippen molar-refractivity contribution in [3.05, 3.63) is 59.7 Å². The van der Waals surface area contributed by atoms with Crippen molar-refractivity contribution in [1.29, 1.82) is 0 Å². The first-order valence-corrected chi connectivity index (χ1v) is 29.4. The van der Waals surface area contributed by atoms with Crippen LogP contribution in [0.25, 0.3) is 11.1 Å². The number of aliphatic hydroxyl groups excluding tert-OH is 2. The maximum absolute atomic E-state index is 14.3. The molecule has 0 spiro atoms. The maximum atomic E-state index is 14.3. The van der Waals surface area contributed by atoms with E-state index in [1.165, 1.54) is 29.7 Å². The topological polar surface area (TPSA) is 267 Å². The molecule has 2 aliphatic heterocycles. The van der Waals surface area contributed by atoms with Crippen LogP contribution in [0.5, 0.6) is 0 Å². The number of methoxy groups -OCH3 is 1. The van der Waals surface area contributed by atoms with Crippen molar-refractivity contribution >= 4 is 62.9 Å². The third-order valence-corrected chi connectivity index (χ3v) is 17.4. The summed E-state index contributed by atoms with van der Waals surface area (Å²) in [7, 11) is 4.40. The number of hydrogen-bond donors (Lipinski definition) is 6. The number of fused-ring (bicyclic) bond motifs is 3. The van der Waals surface area contributed by atoms with Crippen molar-refractivity contribution < 1.29 is 72.2 Å². The average Bonchev–Trinajstić information content (AvgIpc) is 4.03. The fourth-order valence-electron chi connectivity index (χ4n) is 9.48. The van der Waals surface area contributed by atoms with E-state index in [1.807, 2.05) is 50.2 Å². The highest BCUT2D eigenvalue weighted by Crippen LogP contribution is 2.44. The Morgan fingerprint density at radius 1 is 0.808 bits per heavy atom. The average molecular weight is 1130 g/mol. The zero-order chi connectivity index (χ0) is 57.1. The van der Waals surface area contributed by atoms with E-state index in [0.29, 0.717) is 25.8 Å². The molecule has 1 aliphatic carbocycles. The molecule has 5 rings (SSSR count). The number of ether oxygens (including phenoxy) is 6. The molecule has 5 amide bonds. The number of nitrogens with zero attached hydrogens (tertiary/aromatic N) is 1. The number of amides is 5. The van der Waals surface area contributed by atoms with Gasteiger partial charge in [-0.25, -0.2) is 4.79 Å². The second-order valence-electron chi connectivity index (χ2n) is 21.5. The number of nitrogens with one attached hydrogen (secondary N) is 4. The Balaban J connectivity index is 0.991. The van der Waals surface area contributed by atoms with E-state index in [-0.39, 0.29) is 111 Å². The molecule has 2 fully saturated rings. The molecule has 2 heterocycles. The van der Waals surface area contributed by atoms with E-state index in [0.717, 1.165) is 22.3 Å². The van der Waals surface area contributed by atoms with Crippen LogP contribution in [0.4, 0.5) is 4.79 Å². The number of alkyl carbamates (subject to hydrolysis) is 1. The van der Waals surface area contributed by atoms with Gasteiger partial charge in [-0.3, -0.25) is 28.8 Å². The third kappa shape index (κ3) is 19.0. The van der Waals surface area contributed by atoms with Crippen LogP contribution in [0.15, 0.2) is 48.5 Å². The van der Waals surface area contributed by atoms with E-state index in [1.54, 1.807) is 24.6 Å². The number of likely N-dealkylation sites (tertiary alicyclic amines) is 1. The molecule has 7 unspecified atom stereocenters. The summed E-state index contributed by atoms with van der Waals surface area (Å²) in [6.07, 6.45) is -3.24. The van der Waals surface area contributed by atoms with Gasteiger partial charge in [-0.05, 0) is 61.3 Å². The molecule has 78 heavy (non-hydrogen) atoms. The summed E-state index contributed by atoms with van der Waals surface area (Å²) in [4.78, 5) is 95.5. The summed E-state index contributed by atoms with van der Waals surface area (Å²) in [5, 5.41) is 31.1. The molecular weight excluding hydrogens is 1050 g/mol. The summed E-state index contributed by atoms with van der Waals surface area (Å²) >= 11 is 0. The van der Waals surface area contributed by atoms with Gasteiger partial charge < -0.3 is 64.8 Å².